The van der Waals surface area contributed by atoms with Gasteiger partial charge in [-0.05, 0) is 56.0 Å². The van der Waals surface area contributed by atoms with Crippen molar-refractivity contribution in [3.8, 4) is 0 Å². The van der Waals surface area contributed by atoms with Gasteiger partial charge in [-0.25, -0.2) is 0 Å². The number of nitrogens with zero attached hydrogens (tertiary/aromatic N) is 2. The van der Waals surface area contributed by atoms with Gasteiger partial charge in [-0.2, -0.15) is 0 Å². The Balaban J connectivity index is 1.41. The molecular weight excluding hydrogens is 304 g/mol. The molecule has 128 valence electrons. The average Bonchev–Trinajstić information content (AvgIpc) is 3.23. The maximum absolute atomic E-state index is 4.76. The summed E-state index contributed by atoms with van der Waals surface area (Å²) in [6.07, 6.45) is 7.87. The van der Waals surface area contributed by atoms with E-state index in [1.165, 1.54) is 43.5 Å². The maximum atomic E-state index is 4.76. The zero-order valence-corrected chi connectivity index (χ0v) is 15.1. The van der Waals surface area contributed by atoms with E-state index in [1.54, 1.807) is 0 Å². The highest BCUT2D eigenvalue weighted by atomic mass is 32.1. The molecule has 1 aliphatic heterocycles. The highest BCUT2D eigenvalue weighted by molar-refractivity contribution is 7.14. The summed E-state index contributed by atoms with van der Waals surface area (Å²) in [5, 5.41) is 10.6. The van der Waals surface area contributed by atoms with E-state index in [0.717, 1.165) is 38.1 Å². The Morgan fingerprint density at radius 3 is 2.78 bits per heavy atom. The molecule has 2 fully saturated rings. The minimum Gasteiger partial charge on any atom is -0.363 e. The normalized spacial score (nSPS) is 19.9. The van der Waals surface area contributed by atoms with Crippen molar-refractivity contribution in [2.75, 3.05) is 31.1 Å². The molecule has 1 saturated carbocycles. The van der Waals surface area contributed by atoms with Gasteiger partial charge in [0.1, 0.15) is 0 Å². The van der Waals surface area contributed by atoms with E-state index in [2.05, 4.69) is 40.0 Å². The molecule has 0 radical (unpaired) electrons. The Bertz CT molecular complexity index is 473. The number of anilines is 1. The van der Waals surface area contributed by atoms with Crippen molar-refractivity contribution in [1.82, 2.24) is 10.6 Å². The molecule has 0 bridgehead atoms. The number of thiophene rings is 1. The third-order valence-corrected chi connectivity index (χ3v) is 5.66. The van der Waals surface area contributed by atoms with Crippen LogP contribution >= 0.6 is 11.3 Å². The second-order valence-electron chi connectivity index (χ2n) is 6.70. The lowest BCUT2D eigenvalue weighted by molar-refractivity contribution is 0.462. The predicted octanol–water partition coefficient (Wildman–Crippen LogP) is 3.46. The topological polar surface area (TPSA) is 39.7 Å². The smallest absolute Gasteiger partial charge is 0.191 e. The van der Waals surface area contributed by atoms with Crippen LogP contribution in [0.3, 0.4) is 0 Å². The summed E-state index contributed by atoms with van der Waals surface area (Å²) in [6, 6.07) is 4.92. The van der Waals surface area contributed by atoms with Crippen LogP contribution in [0.1, 0.15) is 45.4 Å². The molecule has 2 heterocycles. The second-order valence-corrected chi connectivity index (χ2v) is 7.63. The number of hydrogen-bond donors (Lipinski definition) is 2. The number of rotatable bonds is 7. The van der Waals surface area contributed by atoms with Crippen LogP contribution in [0.5, 0.6) is 0 Å². The number of guanidine groups is 1. The van der Waals surface area contributed by atoms with Crippen molar-refractivity contribution in [3.63, 3.8) is 0 Å². The summed E-state index contributed by atoms with van der Waals surface area (Å²) in [7, 11) is 0. The van der Waals surface area contributed by atoms with Gasteiger partial charge in [0.2, 0.25) is 0 Å². The van der Waals surface area contributed by atoms with Gasteiger partial charge < -0.3 is 15.5 Å². The summed E-state index contributed by atoms with van der Waals surface area (Å²) in [6.45, 7) is 6.31. The zero-order valence-electron chi connectivity index (χ0n) is 14.3. The molecule has 1 saturated heterocycles. The maximum Gasteiger partial charge on any atom is 0.191 e. The van der Waals surface area contributed by atoms with Gasteiger partial charge in [0, 0.05) is 32.2 Å². The highest BCUT2D eigenvalue weighted by Crippen LogP contribution is 2.33. The summed E-state index contributed by atoms with van der Waals surface area (Å²) >= 11 is 1.84. The molecule has 4 nitrogen and oxygen atoms in total. The van der Waals surface area contributed by atoms with E-state index >= 15 is 0 Å². The van der Waals surface area contributed by atoms with Crippen LogP contribution in [-0.4, -0.2) is 38.2 Å². The molecule has 0 unspecified atom stereocenters. The van der Waals surface area contributed by atoms with E-state index in [1.807, 2.05) is 11.3 Å². The van der Waals surface area contributed by atoms with Crippen molar-refractivity contribution in [2.45, 2.75) is 51.5 Å². The van der Waals surface area contributed by atoms with E-state index < -0.39 is 0 Å². The van der Waals surface area contributed by atoms with Gasteiger partial charge in [-0.1, -0.05) is 12.8 Å². The molecular formula is C18H30N4S. The first-order valence-corrected chi connectivity index (χ1v) is 10.1. The summed E-state index contributed by atoms with van der Waals surface area (Å²) in [4.78, 5) is 7.26. The van der Waals surface area contributed by atoms with Crippen LogP contribution in [-0.2, 0) is 0 Å². The lowest BCUT2D eigenvalue weighted by Gasteiger charge is -2.33. The van der Waals surface area contributed by atoms with Crippen molar-refractivity contribution >= 4 is 22.3 Å². The van der Waals surface area contributed by atoms with Crippen molar-refractivity contribution in [2.24, 2.45) is 10.9 Å². The lowest BCUT2D eigenvalue weighted by Crippen LogP contribution is -2.48. The molecule has 0 spiro atoms. The minimum absolute atomic E-state index is 0.549. The first-order chi connectivity index (χ1) is 11.3. The van der Waals surface area contributed by atoms with Crippen molar-refractivity contribution in [3.05, 3.63) is 17.5 Å². The fourth-order valence-electron chi connectivity index (χ4n) is 3.18. The van der Waals surface area contributed by atoms with E-state index in [4.69, 9.17) is 4.99 Å². The van der Waals surface area contributed by atoms with Gasteiger partial charge in [0.25, 0.3) is 0 Å². The van der Waals surface area contributed by atoms with E-state index in [0.29, 0.717) is 6.04 Å². The number of hydrogen-bond acceptors (Lipinski definition) is 3. The first kappa shape index (κ1) is 16.6. The molecule has 0 atom stereocenters. The van der Waals surface area contributed by atoms with Crippen LogP contribution in [0.4, 0.5) is 5.00 Å². The Kier molecular flexibility index (Phi) is 6.20. The molecule has 2 aliphatic rings. The first-order valence-electron chi connectivity index (χ1n) is 9.18. The molecule has 1 aliphatic carbocycles. The fraction of sp³-hybridized carbons (Fsp3) is 0.722. The van der Waals surface area contributed by atoms with Gasteiger partial charge in [0.15, 0.2) is 5.96 Å². The van der Waals surface area contributed by atoms with Gasteiger partial charge in [0.05, 0.1) is 5.00 Å². The van der Waals surface area contributed by atoms with Crippen molar-refractivity contribution in [1.29, 1.82) is 0 Å². The molecule has 1 aromatic rings. The number of nitrogens with one attached hydrogen (secondary N) is 2. The third-order valence-electron chi connectivity index (χ3n) is 4.74. The van der Waals surface area contributed by atoms with Gasteiger partial charge in [-0.3, -0.25) is 4.99 Å². The molecule has 5 heteroatoms. The Morgan fingerprint density at radius 2 is 2.13 bits per heavy atom. The monoisotopic (exact) mass is 334 g/mol. The quantitative estimate of drug-likeness (QED) is 0.456. The van der Waals surface area contributed by atoms with Crippen LogP contribution < -0.4 is 15.5 Å². The van der Waals surface area contributed by atoms with E-state index in [9.17, 15) is 0 Å². The second kappa shape index (κ2) is 8.57. The summed E-state index contributed by atoms with van der Waals surface area (Å²) in [5.74, 6) is 2.03. The molecule has 0 amide bonds. The van der Waals surface area contributed by atoms with Crippen LogP contribution in [0.25, 0.3) is 0 Å². The van der Waals surface area contributed by atoms with Gasteiger partial charge >= 0.3 is 0 Å². The predicted molar refractivity (Wildman–Crippen MR) is 101 cm³/mol. The summed E-state index contributed by atoms with van der Waals surface area (Å²) in [5.41, 5.74) is 0. The number of piperidine rings is 1. The fourth-order valence-corrected chi connectivity index (χ4v) is 3.97. The molecule has 2 N–H and O–H groups in total. The molecule has 3 rings (SSSR count). The van der Waals surface area contributed by atoms with Crippen molar-refractivity contribution < 1.29 is 0 Å². The SMILES string of the molecule is CCNC(=NCCCC1CC1)NC1CCN(c2cccs2)CC1. The Morgan fingerprint density at radius 1 is 1.30 bits per heavy atom. The Labute approximate surface area is 144 Å². The molecule has 1 aromatic heterocycles. The Hall–Kier alpha value is -1.23. The lowest BCUT2D eigenvalue weighted by atomic mass is 10.1. The minimum atomic E-state index is 0.549. The van der Waals surface area contributed by atoms with Crippen LogP contribution in [0, 0.1) is 5.92 Å². The van der Waals surface area contributed by atoms with Gasteiger partial charge in [-0.15, -0.1) is 11.3 Å². The summed E-state index contributed by atoms with van der Waals surface area (Å²) < 4.78 is 0. The standard InChI is InChI=1S/C18H30N4S/c1-2-19-18(20-11-3-5-15-7-8-15)21-16-9-12-22(13-10-16)17-6-4-14-23-17/h4,6,14-16H,2-3,5,7-13H2,1H3,(H2,19,20,21). The molecule has 0 aromatic carbocycles. The molecule has 23 heavy (non-hydrogen) atoms. The number of aliphatic imine (C=N–C) groups is 1. The largest absolute Gasteiger partial charge is 0.363 e. The third kappa shape index (κ3) is 5.41. The zero-order chi connectivity index (χ0) is 15.9. The van der Waals surface area contributed by atoms with Crippen LogP contribution in [0.2, 0.25) is 0 Å². The van der Waals surface area contributed by atoms with E-state index in [-0.39, 0.29) is 0 Å². The highest BCUT2D eigenvalue weighted by Gasteiger charge is 2.21. The average molecular weight is 335 g/mol. The van der Waals surface area contributed by atoms with Crippen LogP contribution in [0.15, 0.2) is 22.5 Å².